The molecule has 0 radical (unpaired) electrons. The number of methoxy groups -OCH3 is 1. The fourth-order valence-corrected chi connectivity index (χ4v) is 7.34. The molecule has 5 rings (SSSR count). The molecule has 13 nitrogen and oxygen atoms in total. The van der Waals surface area contributed by atoms with E-state index in [0.29, 0.717) is 54.7 Å². The number of amides is 3. The topological polar surface area (TPSA) is 138 Å². The molecule has 3 amide bonds. The van der Waals surface area contributed by atoms with Crippen LogP contribution in [-0.4, -0.2) is 97.0 Å². The Morgan fingerprint density at radius 1 is 1.00 bits per heavy atom. The molecule has 52 heavy (non-hydrogen) atoms. The van der Waals surface area contributed by atoms with Gasteiger partial charge in [-0.25, -0.2) is 9.78 Å². The summed E-state index contributed by atoms with van der Waals surface area (Å²) in [7, 11) is 3.37. The lowest BCUT2D eigenvalue weighted by Gasteiger charge is -2.43. The Morgan fingerprint density at radius 2 is 1.71 bits per heavy atom. The number of aromatic nitrogens is 2. The number of carbonyl (C=O) groups excluding carboxylic acids is 3. The first-order valence-electron chi connectivity index (χ1n) is 19.2. The van der Waals surface area contributed by atoms with E-state index in [9.17, 15) is 14.4 Å². The third kappa shape index (κ3) is 10.0. The van der Waals surface area contributed by atoms with E-state index in [1.54, 1.807) is 42.3 Å². The van der Waals surface area contributed by atoms with Gasteiger partial charge in [-0.2, -0.15) is 4.98 Å². The normalized spacial score (nSPS) is 18.4. The molecule has 0 bridgehead atoms. The van der Waals surface area contributed by atoms with Gasteiger partial charge in [0.25, 0.3) is 5.91 Å². The van der Waals surface area contributed by atoms with Gasteiger partial charge >= 0.3 is 6.09 Å². The molecule has 2 aliphatic heterocycles. The highest BCUT2D eigenvalue weighted by molar-refractivity contribution is 6.04. The number of likely N-dealkylation sites (tertiary alicyclic amines) is 1. The van der Waals surface area contributed by atoms with Gasteiger partial charge in [0.15, 0.2) is 5.82 Å². The highest BCUT2D eigenvalue weighted by Crippen LogP contribution is 2.40. The van der Waals surface area contributed by atoms with Crippen LogP contribution in [0.4, 0.5) is 27.9 Å². The zero-order valence-corrected chi connectivity index (χ0v) is 32.0. The first-order valence-corrected chi connectivity index (χ1v) is 19.2. The maximum absolute atomic E-state index is 13.2. The Labute approximate surface area is 309 Å². The molecule has 0 spiro atoms. The summed E-state index contributed by atoms with van der Waals surface area (Å²) in [5.74, 6) is 1.62. The lowest BCUT2D eigenvalue weighted by molar-refractivity contribution is -0.120. The second kappa shape index (κ2) is 18.1. The van der Waals surface area contributed by atoms with Crippen LogP contribution in [-0.2, 0) is 14.3 Å². The van der Waals surface area contributed by atoms with Crippen LogP contribution in [0.5, 0.6) is 5.75 Å². The van der Waals surface area contributed by atoms with Crippen LogP contribution < -0.4 is 25.2 Å². The van der Waals surface area contributed by atoms with Gasteiger partial charge in [0.2, 0.25) is 11.9 Å². The summed E-state index contributed by atoms with van der Waals surface area (Å²) in [6.45, 7) is 10.4. The highest BCUT2D eigenvalue weighted by Gasteiger charge is 2.41. The van der Waals surface area contributed by atoms with Crippen LogP contribution in [0.3, 0.4) is 0 Å². The van der Waals surface area contributed by atoms with Crippen LogP contribution in [0.2, 0.25) is 0 Å². The molecule has 1 aliphatic carbocycles. The Kier molecular flexibility index (Phi) is 13.6. The number of rotatable bonds is 15. The molecule has 1 atom stereocenters. The zero-order valence-electron chi connectivity index (χ0n) is 32.0. The van der Waals surface area contributed by atoms with Gasteiger partial charge in [-0.15, -0.1) is 0 Å². The molecule has 286 valence electrons. The molecule has 2 N–H and O–H groups in total. The number of carbonyl (C=O) groups is 3. The van der Waals surface area contributed by atoms with Crippen molar-refractivity contribution in [1.29, 1.82) is 0 Å². The fourth-order valence-electron chi connectivity index (χ4n) is 7.34. The minimum atomic E-state index is -0.477. The minimum absolute atomic E-state index is 0.0784. The average molecular weight is 722 g/mol. The molecule has 1 saturated carbocycles. The van der Waals surface area contributed by atoms with Crippen LogP contribution in [0.25, 0.3) is 0 Å². The first-order chi connectivity index (χ1) is 25.0. The van der Waals surface area contributed by atoms with Gasteiger partial charge in [-0.3, -0.25) is 9.59 Å². The van der Waals surface area contributed by atoms with E-state index in [0.717, 1.165) is 83.1 Å². The summed E-state index contributed by atoms with van der Waals surface area (Å²) >= 11 is 0. The number of nitrogens with zero attached hydrogens (tertiary/aromatic N) is 5. The zero-order chi connectivity index (χ0) is 37.3. The monoisotopic (exact) mass is 721 g/mol. The van der Waals surface area contributed by atoms with Gasteiger partial charge in [0.05, 0.1) is 25.1 Å². The van der Waals surface area contributed by atoms with Crippen molar-refractivity contribution in [2.75, 3.05) is 55.5 Å². The van der Waals surface area contributed by atoms with Gasteiger partial charge in [0.1, 0.15) is 23.1 Å². The van der Waals surface area contributed by atoms with Crippen LogP contribution in [0.15, 0.2) is 24.4 Å². The number of hydrogen-bond acceptors (Lipinski definition) is 10. The maximum Gasteiger partial charge on any atom is 0.410 e. The summed E-state index contributed by atoms with van der Waals surface area (Å²) in [6.07, 6.45) is 13.6. The van der Waals surface area contributed by atoms with Crippen molar-refractivity contribution in [3.63, 3.8) is 0 Å². The number of likely N-dealkylation sites (N-methyl/N-ethyl adjacent to an activating group) is 1. The molecule has 3 heterocycles. The van der Waals surface area contributed by atoms with Crippen LogP contribution >= 0.6 is 0 Å². The molecule has 2 fully saturated rings. The van der Waals surface area contributed by atoms with E-state index < -0.39 is 5.60 Å². The van der Waals surface area contributed by atoms with E-state index in [4.69, 9.17) is 19.2 Å². The van der Waals surface area contributed by atoms with Crippen LogP contribution in [0.1, 0.15) is 115 Å². The van der Waals surface area contributed by atoms with Crippen molar-refractivity contribution in [2.45, 2.75) is 129 Å². The number of benzene rings is 1. The Hall–Kier alpha value is -4.13. The molecule has 1 aromatic heterocycles. The minimum Gasteiger partial charge on any atom is -0.495 e. The van der Waals surface area contributed by atoms with Crippen molar-refractivity contribution in [2.24, 2.45) is 0 Å². The summed E-state index contributed by atoms with van der Waals surface area (Å²) < 4.78 is 17.2. The molecule has 1 aromatic carbocycles. The second-order valence-corrected chi connectivity index (χ2v) is 15.2. The SMILES string of the molecule is CC[C@@H]1C(=O)N(C)c2cnc(Nc3ccc(C(=O)NCCCCCCCOC4CCN(C(=O)OC(C)(C)C)CC4)cc3OC)nc2N1C1CCCC1. The molecule has 1 saturated heterocycles. The standard InChI is InChI=1S/C39H59N7O6/c1-7-31-36(48)44(5)32-26-41-37(43-34(32)46(31)28-15-11-12-16-28)42-30-18-17-27(25-33(30)50-6)35(47)40-21-13-9-8-10-14-24-51-29-19-22-45(23-20-29)38(49)52-39(2,3)4/h17-18,25-26,28-29,31H,7-16,19-24H2,1-6H3,(H,40,47)(H,41,42,43)/t31-/m1/s1. The fraction of sp³-hybridized carbons (Fsp3) is 0.667. The quantitative estimate of drug-likeness (QED) is 0.188. The Balaban J connectivity index is 1.02. The van der Waals surface area contributed by atoms with Crippen LogP contribution in [0, 0.1) is 0 Å². The van der Waals surface area contributed by atoms with Crippen molar-refractivity contribution in [1.82, 2.24) is 20.2 Å². The molecular weight excluding hydrogens is 662 g/mol. The second-order valence-electron chi connectivity index (χ2n) is 15.2. The predicted molar refractivity (Wildman–Crippen MR) is 203 cm³/mol. The van der Waals surface area contributed by atoms with Crippen molar-refractivity contribution < 1.29 is 28.6 Å². The predicted octanol–water partition coefficient (Wildman–Crippen LogP) is 6.83. The van der Waals surface area contributed by atoms with Gasteiger partial charge < -0.3 is 39.5 Å². The van der Waals surface area contributed by atoms with Gasteiger partial charge in [-0.1, -0.05) is 39.0 Å². The van der Waals surface area contributed by atoms with E-state index >= 15 is 0 Å². The number of hydrogen-bond donors (Lipinski definition) is 2. The first kappa shape index (κ1) is 39.1. The summed E-state index contributed by atoms with van der Waals surface area (Å²) in [6, 6.07) is 5.34. The van der Waals surface area contributed by atoms with Crippen molar-refractivity contribution >= 4 is 41.0 Å². The Bertz CT molecular complexity index is 1520. The van der Waals surface area contributed by atoms with E-state index in [1.807, 2.05) is 33.8 Å². The van der Waals surface area contributed by atoms with E-state index in [2.05, 4.69) is 20.5 Å². The number of fused-ring (bicyclic) bond motifs is 1. The summed E-state index contributed by atoms with van der Waals surface area (Å²) in [5.41, 5.74) is 1.40. The Morgan fingerprint density at radius 3 is 2.40 bits per heavy atom. The van der Waals surface area contributed by atoms with Gasteiger partial charge in [-0.05, 0) is 83.9 Å². The molecule has 3 aliphatic rings. The van der Waals surface area contributed by atoms with Gasteiger partial charge in [0, 0.05) is 44.9 Å². The van der Waals surface area contributed by atoms with Crippen molar-refractivity contribution in [3.05, 3.63) is 30.0 Å². The highest BCUT2D eigenvalue weighted by atomic mass is 16.6. The largest absolute Gasteiger partial charge is 0.495 e. The average Bonchev–Trinajstić information content (AvgIpc) is 3.66. The summed E-state index contributed by atoms with van der Waals surface area (Å²) in [4.78, 5) is 53.6. The number of ether oxygens (including phenoxy) is 3. The lowest BCUT2D eigenvalue weighted by Crippen LogP contribution is -2.55. The number of anilines is 4. The molecule has 0 unspecified atom stereocenters. The third-order valence-corrected chi connectivity index (χ3v) is 10.2. The lowest BCUT2D eigenvalue weighted by atomic mass is 10.0. The molecule has 13 heteroatoms. The maximum atomic E-state index is 13.2. The van der Waals surface area contributed by atoms with E-state index in [1.165, 1.54) is 0 Å². The molecular formula is C39H59N7O6. The summed E-state index contributed by atoms with van der Waals surface area (Å²) in [5, 5.41) is 6.32. The smallest absolute Gasteiger partial charge is 0.410 e. The van der Waals surface area contributed by atoms with Crippen molar-refractivity contribution in [3.8, 4) is 5.75 Å². The molecule has 2 aromatic rings. The number of piperidine rings is 1. The number of unbranched alkanes of at least 4 members (excludes halogenated alkanes) is 4. The number of nitrogens with one attached hydrogen (secondary N) is 2. The third-order valence-electron chi connectivity index (χ3n) is 10.2. The van der Waals surface area contributed by atoms with E-state index in [-0.39, 0.29) is 36.1 Å².